The van der Waals surface area contributed by atoms with E-state index in [2.05, 4.69) is 26.8 Å². The molecule has 0 bridgehead atoms. The first kappa shape index (κ1) is 23.8. The minimum atomic E-state index is -1.49. The van der Waals surface area contributed by atoms with Crippen LogP contribution in [0, 0.1) is 10.1 Å². The van der Waals surface area contributed by atoms with Gasteiger partial charge in [-0.2, -0.15) is 0 Å². The minimum absolute atomic E-state index is 0.0953. The standard InChI is InChI=1S/C28H32N2O4/c1-6-27(2,3)21-17-18-24(33-5)23(19-21)25-28(4,30(31)32)26(20-13-9-7-10-14-20)34-29(25)22-15-11-8-12-16-22/h7-19,25-26H,6H2,1-5H3. The van der Waals surface area contributed by atoms with Crippen molar-refractivity contribution in [2.75, 3.05) is 12.2 Å². The molecule has 1 fully saturated rings. The zero-order chi connectivity index (χ0) is 24.5. The molecule has 3 aromatic carbocycles. The molecule has 6 nitrogen and oxygen atoms in total. The van der Waals surface area contributed by atoms with Crippen molar-refractivity contribution in [3.8, 4) is 5.75 Å². The monoisotopic (exact) mass is 460 g/mol. The molecule has 0 radical (unpaired) electrons. The van der Waals surface area contributed by atoms with Crippen LogP contribution in [0.15, 0.2) is 78.9 Å². The molecule has 178 valence electrons. The van der Waals surface area contributed by atoms with Gasteiger partial charge in [-0.15, -0.1) is 0 Å². The first-order valence-corrected chi connectivity index (χ1v) is 11.6. The van der Waals surface area contributed by atoms with E-state index in [1.54, 1.807) is 19.1 Å². The Labute approximate surface area is 201 Å². The summed E-state index contributed by atoms with van der Waals surface area (Å²) in [5.74, 6) is 0.604. The fourth-order valence-corrected chi connectivity index (χ4v) is 4.68. The molecule has 0 amide bonds. The number of hydrogen-bond acceptors (Lipinski definition) is 5. The van der Waals surface area contributed by atoms with E-state index in [4.69, 9.17) is 9.57 Å². The van der Waals surface area contributed by atoms with Crippen molar-refractivity contribution in [3.05, 3.63) is 106 Å². The number of ether oxygens (including phenoxy) is 1. The van der Waals surface area contributed by atoms with Gasteiger partial charge in [-0.3, -0.25) is 15.0 Å². The highest BCUT2D eigenvalue weighted by molar-refractivity contribution is 5.53. The average Bonchev–Trinajstić information content (AvgIpc) is 3.19. The lowest BCUT2D eigenvalue weighted by Crippen LogP contribution is -2.45. The Morgan fingerprint density at radius 3 is 2.24 bits per heavy atom. The molecule has 6 heteroatoms. The zero-order valence-electron chi connectivity index (χ0n) is 20.4. The van der Waals surface area contributed by atoms with Gasteiger partial charge in [0.05, 0.1) is 12.8 Å². The molecule has 34 heavy (non-hydrogen) atoms. The van der Waals surface area contributed by atoms with Crippen LogP contribution in [0.5, 0.6) is 5.75 Å². The van der Waals surface area contributed by atoms with E-state index in [-0.39, 0.29) is 10.3 Å². The average molecular weight is 461 g/mol. The van der Waals surface area contributed by atoms with Crippen molar-refractivity contribution in [1.29, 1.82) is 0 Å². The van der Waals surface area contributed by atoms with Gasteiger partial charge in [-0.25, -0.2) is 5.06 Å². The minimum Gasteiger partial charge on any atom is -0.496 e. The van der Waals surface area contributed by atoms with Gasteiger partial charge >= 0.3 is 0 Å². The van der Waals surface area contributed by atoms with Gasteiger partial charge < -0.3 is 4.74 Å². The summed E-state index contributed by atoms with van der Waals surface area (Å²) in [5.41, 5.74) is 1.77. The molecular formula is C28H32N2O4. The molecule has 0 N–H and O–H groups in total. The highest BCUT2D eigenvalue weighted by Crippen LogP contribution is 2.54. The van der Waals surface area contributed by atoms with Gasteiger partial charge in [0.15, 0.2) is 12.1 Å². The maximum atomic E-state index is 12.9. The number of para-hydroxylation sites is 1. The van der Waals surface area contributed by atoms with E-state index in [1.165, 1.54) is 0 Å². The van der Waals surface area contributed by atoms with Crippen LogP contribution in [0.1, 0.15) is 63.0 Å². The first-order valence-electron chi connectivity index (χ1n) is 11.6. The molecule has 0 aliphatic carbocycles. The molecule has 0 spiro atoms. The normalized spacial score (nSPS) is 22.6. The summed E-state index contributed by atoms with van der Waals surface area (Å²) in [6.07, 6.45) is 0.142. The quantitative estimate of drug-likeness (QED) is 0.292. The first-order chi connectivity index (χ1) is 16.2. The van der Waals surface area contributed by atoms with Gasteiger partial charge in [0.2, 0.25) is 0 Å². The summed E-state index contributed by atoms with van der Waals surface area (Å²) in [6.45, 7) is 8.18. The van der Waals surface area contributed by atoms with Crippen molar-refractivity contribution >= 4 is 5.69 Å². The van der Waals surface area contributed by atoms with Crippen molar-refractivity contribution < 1.29 is 14.5 Å². The van der Waals surface area contributed by atoms with E-state index in [0.29, 0.717) is 5.75 Å². The highest BCUT2D eigenvalue weighted by Gasteiger charge is 2.64. The van der Waals surface area contributed by atoms with Crippen molar-refractivity contribution in [2.45, 2.75) is 57.2 Å². The topological polar surface area (TPSA) is 64.8 Å². The molecular weight excluding hydrogens is 428 g/mol. The Morgan fingerprint density at radius 2 is 1.68 bits per heavy atom. The SMILES string of the molecule is CCC(C)(C)c1ccc(OC)c(C2N(c3ccccc3)OC(c3ccccc3)C2(C)[N+](=O)[O-])c1. The molecule has 0 aromatic heterocycles. The summed E-state index contributed by atoms with van der Waals surface area (Å²) in [4.78, 5) is 19.1. The van der Waals surface area contributed by atoms with Gasteiger partial charge in [0, 0.05) is 17.4 Å². The molecule has 1 aliphatic heterocycles. The number of hydroxylamine groups is 1. The molecule has 3 aromatic rings. The van der Waals surface area contributed by atoms with Crippen LogP contribution in [0.25, 0.3) is 0 Å². The van der Waals surface area contributed by atoms with E-state index in [0.717, 1.165) is 28.8 Å². The molecule has 4 rings (SSSR count). The van der Waals surface area contributed by atoms with Crippen LogP contribution in [-0.4, -0.2) is 17.6 Å². The van der Waals surface area contributed by atoms with Crippen LogP contribution < -0.4 is 9.80 Å². The van der Waals surface area contributed by atoms with E-state index >= 15 is 0 Å². The van der Waals surface area contributed by atoms with Gasteiger partial charge in [0.25, 0.3) is 5.54 Å². The van der Waals surface area contributed by atoms with Crippen molar-refractivity contribution in [3.63, 3.8) is 0 Å². The van der Waals surface area contributed by atoms with Crippen LogP contribution in [0.2, 0.25) is 0 Å². The Balaban J connectivity index is 1.98. The molecule has 1 heterocycles. The number of benzene rings is 3. The summed E-state index contributed by atoms with van der Waals surface area (Å²) < 4.78 is 5.75. The number of hydrogen-bond donors (Lipinski definition) is 0. The second-order valence-corrected chi connectivity index (χ2v) is 9.64. The Bertz CT molecular complexity index is 1150. The predicted molar refractivity (Wildman–Crippen MR) is 134 cm³/mol. The van der Waals surface area contributed by atoms with Gasteiger partial charge in [-0.1, -0.05) is 75.4 Å². The third kappa shape index (κ3) is 3.92. The second kappa shape index (κ2) is 9.11. The zero-order valence-corrected chi connectivity index (χ0v) is 20.4. The second-order valence-electron chi connectivity index (χ2n) is 9.64. The van der Waals surface area contributed by atoms with Crippen LogP contribution in [0.4, 0.5) is 5.69 Å². The van der Waals surface area contributed by atoms with E-state index < -0.39 is 17.7 Å². The lowest BCUT2D eigenvalue weighted by molar-refractivity contribution is -0.575. The third-order valence-electron chi connectivity index (χ3n) is 7.23. The van der Waals surface area contributed by atoms with Crippen molar-refractivity contribution in [1.82, 2.24) is 0 Å². The number of methoxy groups -OCH3 is 1. The summed E-state index contributed by atoms with van der Waals surface area (Å²) in [5, 5.41) is 14.6. The van der Waals surface area contributed by atoms with E-state index in [9.17, 15) is 10.1 Å². The molecule has 1 aliphatic rings. The highest BCUT2D eigenvalue weighted by atomic mass is 16.7. The molecule has 0 saturated carbocycles. The largest absolute Gasteiger partial charge is 0.496 e. The van der Waals surface area contributed by atoms with Crippen molar-refractivity contribution in [2.24, 2.45) is 0 Å². The Morgan fingerprint density at radius 1 is 1.06 bits per heavy atom. The molecule has 3 unspecified atom stereocenters. The van der Waals surface area contributed by atoms with Gasteiger partial charge in [-0.05, 0) is 47.2 Å². The fourth-order valence-electron chi connectivity index (χ4n) is 4.68. The number of rotatable bonds is 7. The number of nitrogens with zero attached hydrogens (tertiary/aromatic N) is 2. The lowest BCUT2D eigenvalue weighted by atomic mass is 9.77. The predicted octanol–water partition coefficient (Wildman–Crippen LogP) is 6.65. The number of nitro groups is 1. The maximum absolute atomic E-state index is 12.9. The van der Waals surface area contributed by atoms with Gasteiger partial charge in [0.1, 0.15) is 5.75 Å². The third-order valence-corrected chi connectivity index (χ3v) is 7.23. The fraction of sp³-hybridized carbons (Fsp3) is 0.357. The van der Waals surface area contributed by atoms with Crippen LogP contribution >= 0.6 is 0 Å². The smallest absolute Gasteiger partial charge is 0.278 e. The van der Waals surface area contributed by atoms with Crippen LogP contribution in [0.3, 0.4) is 0 Å². The molecule has 1 saturated heterocycles. The summed E-state index contributed by atoms with van der Waals surface area (Å²) in [6, 6.07) is 24.3. The summed E-state index contributed by atoms with van der Waals surface area (Å²) >= 11 is 0. The Kier molecular flexibility index (Phi) is 6.36. The maximum Gasteiger partial charge on any atom is 0.278 e. The van der Waals surface area contributed by atoms with E-state index in [1.807, 2.05) is 72.8 Å². The lowest BCUT2D eigenvalue weighted by Gasteiger charge is -2.31. The summed E-state index contributed by atoms with van der Waals surface area (Å²) in [7, 11) is 1.60. The Hall–Kier alpha value is -3.38. The van der Waals surface area contributed by atoms with Crippen LogP contribution in [-0.2, 0) is 10.3 Å². The molecule has 3 atom stereocenters. The number of anilines is 1.